The minimum absolute atomic E-state index is 0.119. The quantitative estimate of drug-likeness (QED) is 0.583. The highest BCUT2D eigenvalue weighted by Gasteiger charge is 2.15. The molecule has 0 fully saturated rings. The van der Waals surface area contributed by atoms with Crippen LogP contribution in [0.3, 0.4) is 0 Å². The highest BCUT2D eigenvalue weighted by atomic mass is 32.2. The fourth-order valence-corrected chi connectivity index (χ4v) is 3.49. The van der Waals surface area contributed by atoms with Crippen molar-refractivity contribution >= 4 is 23.4 Å². The van der Waals surface area contributed by atoms with E-state index in [2.05, 4.69) is 15.5 Å². The number of anilines is 1. The van der Waals surface area contributed by atoms with E-state index >= 15 is 0 Å². The van der Waals surface area contributed by atoms with Gasteiger partial charge in [0.2, 0.25) is 5.91 Å². The molecule has 8 heteroatoms. The average Bonchev–Trinajstić information content (AvgIpc) is 3.15. The van der Waals surface area contributed by atoms with Crippen LogP contribution in [0.1, 0.15) is 6.92 Å². The zero-order chi connectivity index (χ0) is 19.9. The van der Waals surface area contributed by atoms with Crippen LogP contribution in [0.2, 0.25) is 0 Å². The molecule has 1 amide bonds. The second-order valence-electron chi connectivity index (χ2n) is 5.85. The van der Waals surface area contributed by atoms with Crippen molar-refractivity contribution in [2.45, 2.75) is 18.6 Å². The summed E-state index contributed by atoms with van der Waals surface area (Å²) in [4.78, 5) is 12.3. The first-order valence-corrected chi connectivity index (χ1v) is 9.77. The Balaban J connectivity index is 1.69. The Hall–Kier alpha value is -3.00. The first-order valence-electron chi connectivity index (χ1n) is 8.79. The molecule has 3 rings (SSSR count). The number of rotatable bonds is 8. The number of carbonyl (C=O) groups is 1. The number of thioether (sulfide) groups is 1. The van der Waals surface area contributed by atoms with Crippen LogP contribution >= 0.6 is 11.8 Å². The van der Waals surface area contributed by atoms with Crippen molar-refractivity contribution in [1.82, 2.24) is 14.8 Å². The maximum atomic E-state index is 12.3. The molecule has 28 heavy (non-hydrogen) atoms. The van der Waals surface area contributed by atoms with E-state index in [0.29, 0.717) is 23.1 Å². The van der Waals surface area contributed by atoms with Crippen molar-refractivity contribution in [3.8, 4) is 22.9 Å². The maximum Gasteiger partial charge on any atom is 0.234 e. The molecule has 2 aromatic carbocycles. The Labute approximate surface area is 168 Å². The third-order valence-electron chi connectivity index (χ3n) is 4.05. The van der Waals surface area contributed by atoms with Gasteiger partial charge in [0.05, 0.1) is 20.0 Å². The SMILES string of the molecule is CCn1c(SCC(=O)Nc2cccc(OC)c2)nnc1-c1cccc(OC)c1. The zero-order valence-electron chi connectivity index (χ0n) is 16.0. The summed E-state index contributed by atoms with van der Waals surface area (Å²) in [5.74, 6) is 2.31. The molecule has 1 N–H and O–H groups in total. The molecule has 1 heterocycles. The van der Waals surface area contributed by atoms with Gasteiger partial charge in [0.1, 0.15) is 11.5 Å². The number of methoxy groups -OCH3 is 2. The molecule has 0 radical (unpaired) electrons. The topological polar surface area (TPSA) is 78.3 Å². The molecule has 0 saturated carbocycles. The molecule has 0 aliphatic carbocycles. The van der Waals surface area contributed by atoms with Gasteiger partial charge in [0, 0.05) is 23.9 Å². The van der Waals surface area contributed by atoms with E-state index in [1.54, 1.807) is 20.3 Å². The van der Waals surface area contributed by atoms with Gasteiger partial charge < -0.3 is 19.4 Å². The van der Waals surface area contributed by atoms with Crippen LogP contribution in [0.25, 0.3) is 11.4 Å². The number of ether oxygens (including phenoxy) is 2. The molecule has 0 atom stereocenters. The van der Waals surface area contributed by atoms with Gasteiger partial charge in [-0.2, -0.15) is 0 Å². The Bertz CT molecular complexity index is 958. The van der Waals surface area contributed by atoms with Gasteiger partial charge in [-0.3, -0.25) is 4.79 Å². The summed E-state index contributed by atoms with van der Waals surface area (Å²) in [5.41, 5.74) is 1.61. The number of benzene rings is 2. The normalized spacial score (nSPS) is 10.5. The van der Waals surface area contributed by atoms with Crippen LogP contribution in [-0.2, 0) is 11.3 Å². The lowest BCUT2D eigenvalue weighted by Crippen LogP contribution is -2.14. The summed E-state index contributed by atoms with van der Waals surface area (Å²) in [6, 6.07) is 14.9. The van der Waals surface area contributed by atoms with E-state index in [9.17, 15) is 4.79 Å². The van der Waals surface area contributed by atoms with E-state index in [4.69, 9.17) is 9.47 Å². The van der Waals surface area contributed by atoms with E-state index in [-0.39, 0.29) is 11.7 Å². The van der Waals surface area contributed by atoms with Gasteiger partial charge in [-0.05, 0) is 31.2 Å². The third kappa shape index (κ3) is 4.64. The maximum absolute atomic E-state index is 12.3. The molecule has 7 nitrogen and oxygen atoms in total. The van der Waals surface area contributed by atoms with Crippen molar-refractivity contribution < 1.29 is 14.3 Å². The average molecular weight is 398 g/mol. The van der Waals surface area contributed by atoms with Gasteiger partial charge >= 0.3 is 0 Å². The van der Waals surface area contributed by atoms with E-state index in [0.717, 1.165) is 17.1 Å². The standard InChI is InChI=1S/C20H22N4O3S/c1-4-24-19(14-7-5-9-16(11-14)26-2)22-23-20(24)28-13-18(25)21-15-8-6-10-17(12-15)27-3/h5-12H,4,13H2,1-3H3,(H,21,25). The summed E-state index contributed by atoms with van der Waals surface area (Å²) in [7, 11) is 3.22. The van der Waals surface area contributed by atoms with Gasteiger partial charge in [-0.15, -0.1) is 10.2 Å². The molecule has 3 aromatic rings. The molecule has 0 bridgehead atoms. The Morgan fingerprint density at radius 3 is 2.50 bits per heavy atom. The van der Waals surface area contributed by atoms with Crippen LogP contribution in [0, 0.1) is 0 Å². The predicted octanol–water partition coefficient (Wildman–Crippen LogP) is 3.71. The van der Waals surface area contributed by atoms with Crippen LogP contribution in [-0.4, -0.2) is 40.6 Å². The first-order chi connectivity index (χ1) is 13.6. The van der Waals surface area contributed by atoms with Crippen LogP contribution in [0.5, 0.6) is 11.5 Å². The van der Waals surface area contributed by atoms with Crippen molar-refractivity contribution in [1.29, 1.82) is 0 Å². The van der Waals surface area contributed by atoms with Gasteiger partial charge in [0.15, 0.2) is 11.0 Å². The lowest BCUT2D eigenvalue weighted by atomic mass is 10.2. The molecule has 0 unspecified atom stereocenters. The fourth-order valence-electron chi connectivity index (χ4n) is 2.68. The highest BCUT2D eigenvalue weighted by molar-refractivity contribution is 7.99. The second kappa shape index (κ2) is 9.27. The molecular weight excluding hydrogens is 376 g/mol. The summed E-state index contributed by atoms with van der Waals surface area (Å²) in [5, 5.41) is 12.1. The molecule has 1 aromatic heterocycles. The highest BCUT2D eigenvalue weighted by Crippen LogP contribution is 2.26. The number of nitrogens with zero attached hydrogens (tertiary/aromatic N) is 3. The van der Waals surface area contributed by atoms with Crippen molar-refractivity contribution in [2.75, 3.05) is 25.3 Å². The minimum atomic E-state index is -0.119. The van der Waals surface area contributed by atoms with Crippen LogP contribution < -0.4 is 14.8 Å². The molecule has 0 saturated heterocycles. The number of carbonyl (C=O) groups excluding carboxylic acids is 1. The first kappa shape index (κ1) is 19.8. The molecule has 0 aliphatic heterocycles. The lowest BCUT2D eigenvalue weighted by molar-refractivity contribution is -0.113. The Morgan fingerprint density at radius 1 is 1.07 bits per heavy atom. The molecule has 0 spiro atoms. The summed E-state index contributed by atoms with van der Waals surface area (Å²) < 4.78 is 12.4. The van der Waals surface area contributed by atoms with Gasteiger partial charge in [-0.25, -0.2) is 0 Å². The van der Waals surface area contributed by atoms with Crippen LogP contribution in [0.4, 0.5) is 5.69 Å². The minimum Gasteiger partial charge on any atom is -0.497 e. The van der Waals surface area contributed by atoms with E-state index in [1.807, 2.05) is 54.0 Å². The lowest BCUT2D eigenvalue weighted by Gasteiger charge is -2.09. The Morgan fingerprint density at radius 2 is 1.79 bits per heavy atom. The summed E-state index contributed by atoms with van der Waals surface area (Å²) in [6.07, 6.45) is 0. The second-order valence-corrected chi connectivity index (χ2v) is 6.79. The smallest absolute Gasteiger partial charge is 0.234 e. The van der Waals surface area contributed by atoms with Crippen molar-refractivity contribution in [2.24, 2.45) is 0 Å². The van der Waals surface area contributed by atoms with Crippen molar-refractivity contribution in [3.63, 3.8) is 0 Å². The number of hydrogen-bond donors (Lipinski definition) is 1. The monoisotopic (exact) mass is 398 g/mol. The van der Waals surface area contributed by atoms with Gasteiger partial charge in [-0.1, -0.05) is 30.0 Å². The third-order valence-corrected chi connectivity index (χ3v) is 5.01. The number of nitrogens with one attached hydrogen (secondary N) is 1. The Kier molecular flexibility index (Phi) is 6.54. The molecule has 0 aliphatic rings. The van der Waals surface area contributed by atoms with Crippen molar-refractivity contribution in [3.05, 3.63) is 48.5 Å². The largest absolute Gasteiger partial charge is 0.497 e. The zero-order valence-corrected chi connectivity index (χ0v) is 16.8. The van der Waals surface area contributed by atoms with Crippen LogP contribution in [0.15, 0.2) is 53.7 Å². The number of aromatic nitrogens is 3. The predicted molar refractivity (Wildman–Crippen MR) is 110 cm³/mol. The number of amides is 1. The fraction of sp³-hybridized carbons (Fsp3) is 0.250. The molecular formula is C20H22N4O3S. The number of hydrogen-bond acceptors (Lipinski definition) is 6. The summed E-state index contributed by atoms with van der Waals surface area (Å²) in [6.45, 7) is 2.72. The van der Waals surface area contributed by atoms with E-state index < -0.39 is 0 Å². The molecule has 146 valence electrons. The van der Waals surface area contributed by atoms with Gasteiger partial charge in [0.25, 0.3) is 0 Å². The summed E-state index contributed by atoms with van der Waals surface area (Å²) >= 11 is 1.35. The van der Waals surface area contributed by atoms with E-state index in [1.165, 1.54) is 11.8 Å².